The minimum atomic E-state index is 0. The first-order valence-corrected chi connectivity index (χ1v) is 3.89. The minimum Gasteiger partial charge on any atom is -0.362 e. The predicted molar refractivity (Wildman–Crippen MR) is 51.0 cm³/mol. The van der Waals surface area contributed by atoms with Crippen LogP contribution in [0, 0.1) is 0 Å². The van der Waals surface area contributed by atoms with E-state index < -0.39 is 0 Å². The van der Waals surface area contributed by atoms with Crippen LogP contribution >= 0.6 is 24.0 Å². The van der Waals surface area contributed by atoms with Crippen LogP contribution in [0.2, 0.25) is 0 Å². The van der Waals surface area contributed by atoms with Gasteiger partial charge in [-0.15, -0.1) is 24.0 Å². The Kier molecular flexibility index (Phi) is 4.69. The maximum absolute atomic E-state index is 5.81. The van der Waals surface area contributed by atoms with Gasteiger partial charge in [0.1, 0.15) is 0 Å². The Bertz CT molecular complexity index is 136. The molecular formula is C7H14Cl2N2. The molecule has 4 heteroatoms. The van der Waals surface area contributed by atoms with Gasteiger partial charge in [0.15, 0.2) is 0 Å². The normalized spacial score (nSPS) is 18.5. The molecule has 0 aliphatic carbocycles. The standard InChI is InChI=1S/C7H13ClN2.ClH/c1-7(8)5-10-4-3-9(2)6-10;/h3-4,7H,5-6H2,1-2H3;1H. The van der Waals surface area contributed by atoms with E-state index in [1.165, 1.54) is 0 Å². The highest BCUT2D eigenvalue weighted by Gasteiger charge is 2.09. The summed E-state index contributed by atoms with van der Waals surface area (Å²) in [6.07, 6.45) is 4.12. The highest BCUT2D eigenvalue weighted by atomic mass is 35.5. The fraction of sp³-hybridized carbons (Fsp3) is 0.714. The smallest absolute Gasteiger partial charge is 0.0891 e. The molecule has 0 aromatic rings. The van der Waals surface area contributed by atoms with Gasteiger partial charge < -0.3 is 9.80 Å². The summed E-state index contributed by atoms with van der Waals surface area (Å²) in [5.41, 5.74) is 0. The molecule has 11 heavy (non-hydrogen) atoms. The van der Waals surface area contributed by atoms with Crippen molar-refractivity contribution >= 4 is 24.0 Å². The maximum atomic E-state index is 5.81. The summed E-state index contributed by atoms with van der Waals surface area (Å²) < 4.78 is 0. The van der Waals surface area contributed by atoms with Crippen LogP contribution in [-0.4, -0.2) is 35.4 Å². The maximum Gasteiger partial charge on any atom is 0.0891 e. The molecule has 1 heterocycles. The summed E-state index contributed by atoms with van der Waals surface area (Å²) in [6, 6.07) is 0. The van der Waals surface area contributed by atoms with Crippen molar-refractivity contribution in [2.24, 2.45) is 0 Å². The van der Waals surface area contributed by atoms with Crippen LogP contribution in [0.5, 0.6) is 0 Å². The van der Waals surface area contributed by atoms with Gasteiger partial charge in [-0.25, -0.2) is 0 Å². The first kappa shape index (κ1) is 10.9. The van der Waals surface area contributed by atoms with E-state index in [2.05, 4.69) is 29.2 Å². The van der Waals surface area contributed by atoms with Crippen molar-refractivity contribution in [3.63, 3.8) is 0 Å². The first-order chi connectivity index (χ1) is 4.68. The average molecular weight is 197 g/mol. The number of hydrogen-bond donors (Lipinski definition) is 0. The summed E-state index contributed by atoms with van der Waals surface area (Å²) in [5, 5.41) is 0.233. The predicted octanol–water partition coefficient (Wildman–Crippen LogP) is 1.71. The summed E-state index contributed by atoms with van der Waals surface area (Å²) >= 11 is 5.81. The lowest BCUT2D eigenvalue weighted by Crippen LogP contribution is -2.26. The van der Waals surface area contributed by atoms with Crippen LogP contribution in [0.15, 0.2) is 12.4 Å². The van der Waals surface area contributed by atoms with E-state index in [1.807, 2.05) is 6.92 Å². The van der Waals surface area contributed by atoms with E-state index >= 15 is 0 Å². The van der Waals surface area contributed by atoms with Crippen molar-refractivity contribution in [3.05, 3.63) is 12.4 Å². The third-order valence-electron chi connectivity index (χ3n) is 1.42. The van der Waals surface area contributed by atoms with E-state index in [0.29, 0.717) is 0 Å². The third-order valence-corrected chi connectivity index (χ3v) is 1.56. The van der Waals surface area contributed by atoms with Crippen LogP contribution in [0.4, 0.5) is 0 Å². The average Bonchev–Trinajstić information content (AvgIpc) is 2.13. The highest BCUT2D eigenvalue weighted by Crippen LogP contribution is 2.06. The Labute approximate surface area is 79.2 Å². The third kappa shape index (κ3) is 3.73. The Morgan fingerprint density at radius 3 is 2.55 bits per heavy atom. The highest BCUT2D eigenvalue weighted by molar-refractivity contribution is 6.20. The summed E-state index contributed by atoms with van der Waals surface area (Å²) in [5.74, 6) is 0. The summed E-state index contributed by atoms with van der Waals surface area (Å²) in [7, 11) is 2.05. The Morgan fingerprint density at radius 2 is 2.18 bits per heavy atom. The molecule has 1 atom stereocenters. The van der Waals surface area contributed by atoms with Crippen molar-refractivity contribution < 1.29 is 0 Å². The van der Waals surface area contributed by atoms with E-state index in [1.54, 1.807) is 0 Å². The van der Waals surface area contributed by atoms with E-state index in [0.717, 1.165) is 13.2 Å². The Balaban J connectivity index is 0.000001000. The number of hydrogen-bond acceptors (Lipinski definition) is 2. The molecule has 1 unspecified atom stereocenters. The molecule has 1 aliphatic heterocycles. The van der Waals surface area contributed by atoms with E-state index in [-0.39, 0.29) is 17.8 Å². The zero-order valence-corrected chi connectivity index (χ0v) is 8.40. The second-order valence-electron chi connectivity index (χ2n) is 2.75. The van der Waals surface area contributed by atoms with Gasteiger partial charge in [0.2, 0.25) is 0 Å². The Morgan fingerprint density at radius 1 is 1.55 bits per heavy atom. The fourth-order valence-electron chi connectivity index (χ4n) is 1.03. The lowest BCUT2D eigenvalue weighted by Gasteiger charge is -2.18. The molecule has 0 aromatic heterocycles. The fourth-order valence-corrected chi connectivity index (χ4v) is 1.21. The monoisotopic (exact) mass is 196 g/mol. The van der Waals surface area contributed by atoms with Crippen molar-refractivity contribution in [3.8, 4) is 0 Å². The molecule has 0 bridgehead atoms. The minimum absolute atomic E-state index is 0. The first-order valence-electron chi connectivity index (χ1n) is 3.45. The molecule has 0 saturated carbocycles. The Hall–Kier alpha value is -0.0800. The quantitative estimate of drug-likeness (QED) is 0.622. The zero-order chi connectivity index (χ0) is 7.56. The molecule has 1 aliphatic rings. The van der Waals surface area contributed by atoms with Gasteiger partial charge in [-0.1, -0.05) is 0 Å². The van der Waals surface area contributed by atoms with Crippen LogP contribution in [-0.2, 0) is 0 Å². The molecule has 66 valence electrons. The lowest BCUT2D eigenvalue weighted by molar-refractivity contribution is 0.298. The van der Waals surface area contributed by atoms with Gasteiger partial charge in [0.05, 0.1) is 6.67 Å². The van der Waals surface area contributed by atoms with E-state index in [9.17, 15) is 0 Å². The van der Waals surface area contributed by atoms with Crippen molar-refractivity contribution in [1.29, 1.82) is 0 Å². The number of nitrogens with zero attached hydrogens (tertiary/aromatic N) is 2. The molecule has 0 radical (unpaired) electrons. The summed E-state index contributed by atoms with van der Waals surface area (Å²) in [4.78, 5) is 4.32. The van der Waals surface area contributed by atoms with Gasteiger partial charge in [-0.05, 0) is 6.92 Å². The largest absolute Gasteiger partial charge is 0.362 e. The summed E-state index contributed by atoms with van der Waals surface area (Å²) in [6.45, 7) is 3.91. The number of halogens is 2. The molecule has 0 aromatic carbocycles. The van der Waals surface area contributed by atoms with Crippen LogP contribution in [0.25, 0.3) is 0 Å². The molecule has 0 amide bonds. The van der Waals surface area contributed by atoms with Crippen molar-refractivity contribution in [2.75, 3.05) is 20.3 Å². The zero-order valence-electron chi connectivity index (χ0n) is 6.83. The van der Waals surface area contributed by atoms with Crippen LogP contribution < -0.4 is 0 Å². The van der Waals surface area contributed by atoms with Crippen molar-refractivity contribution in [2.45, 2.75) is 12.3 Å². The molecule has 0 saturated heterocycles. The second kappa shape index (κ2) is 4.73. The van der Waals surface area contributed by atoms with Gasteiger partial charge in [-0.2, -0.15) is 0 Å². The van der Waals surface area contributed by atoms with Crippen molar-refractivity contribution in [1.82, 2.24) is 9.80 Å². The molecule has 0 fully saturated rings. The van der Waals surface area contributed by atoms with Gasteiger partial charge in [0, 0.05) is 31.4 Å². The molecule has 0 spiro atoms. The van der Waals surface area contributed by atoms with Gasteiger partial charge in [0.25, 0.3) is 0 Å². The van der Waals surface area contributed by atoms with Crippen LogP contribution in [0.3, 0.4) is 0 Å². The number of rotatable bonds is 2. The molecular weight excluding hydrogens is 183 g/mol. The molecule has 0 N–H and O–H groups in total. The molecule has 2 nitrogen and oxygen atoms in total. The number of alkyl halides is 1. The molecule has 1 rings (SSSR count). The topological polar surface area (TPSA) is 6.48 Å². The van der Waals surface area contributed by atoms with Gasteiger partial charge >= 0.3 is 0 Å². The SMILES string of the molecule is CC(Cl)CN1C=CN(C)C1.Cl. The van der Waals surface area contributed by atoms with E-state index in [4.69, 9.17) is 11.6 Å². The second-order valence-corrected chi connectivity index (χ2v) is 3.49. The van der Waals surface area contributed by atoms with Crippen LogP contribution in [0.1, 0.15) is 6.92 Å². The lowest BCUT2D eigenvalue weighted by atomic mass is 10.4. The van der Waals surface area contributed by atoms with Gasteiger partial charge in [-0.3, -0.25) is 0 Å².